The molecule has 0 radical (unpaired) electrons. The monoisotopic (exact) mass is 376 g/mol. The van der Waals surface area contributed by atoms with Crippen LogP contribution in [0.3, 0.4) is 0 Å². The Labute approximate surface area is 156 Å². The van der Waals surface area contributed by atoms with E-state index in [4.69, 9.17) is 23.2 Å². The van der Waals surface area contributed by atoms with Crippen LogP contribution < -0.4 is 10.2 Å². The minimum Gasteiger partial charge on any atom is -0.326 e. The molecule has 1 heterocycles. The van der Waals surface area contributed by atoms with Gasteiger partial charge < -0.3 is 10.2 Å². The van der Waals surface area contributed by atoms with Gasteiger partial charge >= 0.3 is 0 Å². The highest BCUT2D eigenvalue weighted by Crippen LogP contribution is 2.32. The summed E-state index contributed by atoms with van der Waals surface area (Å²) in [5.74, 6) is -0.672. The van der Waals surface area contributed by atoms with Crippen molar-refractivity contribution >= 4 is 46.4 Å². The maximum absolute atomic E-state index is 12.5. The number of nitrogens with zero attached hydrogens (tertiary/aromatic N) is 1. The highest BCUT2D eigenvalue weighted by Gasteiger charge is 2.35. The Kier molecular flexibility index (Phi) is 5.02. The number of aryl methyl sites for hydroxylation is 1. The molecule has 0 aliphatic carbocycles. The summed E-state index contributed by atoms with van der Waals surface area (Å²) in [6.45, 7) is 4.10. The average Bonchev–Trinajstić information content (AvgIpc) is 2.95. The Bertz CT molecular complexity index is 851. The summed E-state index contributed by atoms with van der Waals surface area (Å²) in [4.78, 5) is 26.5. The number of carbonyl (C=O) groups is 2. The van der Waals surface area contributed by atoms with Crippen molar-refractivity contribution < 1.29 is 9.59 Å². The van der Waals surface area contributed by atoms with Crippen LogP contribution in [0.1, 0.15) is 17.5 Å². The molecule has 0 bridgehead atoms. The van der Waals surface area contributed by atoms with Crippen molar-refractivity contribution in [3.8, 4) is 0 Å². The first-order valence-electron chi connectivity index (χ1n) is 7.99. The van der Waals surface area contributed by atoms with E-state index in [1.54, 1.807) is 29.2 Å². The molecule has 1 unspecified atom stereocenters. The van der Waals surface area contributed by atoms with Crippen molar-refractivity contribution in [3.05, 3.63) is 57.6 Å². The summed E-state index contributed by atoms with van der Waals surface area (Å²) in [5.41, 5.74) is 3.17. The first-order valence-corrected chi connectivity index (χ1v) is 8.75. The molecule has 3 rings (SSSR count). The molecule has 1 N–H and O–H groups in total. The molecule has 1 aliphatic heterocycles. The third kappa shape index (κ3) is 3.65. The number of benzene rings is 2. The molecule has 130 valence electrons. The van der Waals surface area contributed by atoms with Crippen LogP contribution >= 0.6 is 23.2 Å². The zero-order valence-electron chi connectivity index (χ0n) is 14.0. The van der Waals surface area contributed by atoms with Gasteiger partial charge in [0.05, 0.1) is 5.92 Å². The molecule has 1 atom stereocenters. The molecule has 2 amide bonds. The van der Waals surface area contributed by atoms with E-state index in [1.165, 1.54) is 0 Å². The number of carbonyl (C=O) groups excluding carboxylic acids is 2. The fourth-order valence-electron chi connectivity index (χ4n) is 2.92. The first kappa shape index (κ1) is 17.8. The van der Waals surface area contributed by atoms with Gasteiger partial charge in [-0.15, -0.1) is 0 Å². The van der Waals surface area contributed by atoms with E-state index in [0.29, 0.717) is 22.3 Å². The summed E-state index contributed by atoms with van der Waals surface area (Å²) < 4.78 is 0. The lowest BCUT2D eigenvalue weighted by Gasteiger charge is -2.19. The van der Waals surface area contributed by atoms with E-state index in [9.17, 15) is 9.59 Å². The van der Waals surface area contributed by atoms with Gasteiger partial charge in [0.2, 0.25) is 11.8 Å². The molecule has 0 spiro atoms. The largest absolute Gasteiger partial charge is 0.326 e. The van der Waals surface area contributed by atoms with Crippen LogP contribution in [0.2, 0.25) is 10.0 Å². The Morgan fingerprint density at radius 3 is 2.64 bits per heavy atom. The Hall–Kier alpha value is -2.04. The predicted octanol–water partition coefficient (Wildman–Crippen LogP) is 4.60. The first-order chi connectivity index (χ1) is 11.9. The van der Waals surface area contributed by atoms with Crippen molar-refractivity contribution in [2.24, 2.45) is 5.92 Å². The molecule has 1 saturated heterocycles. The molecule has 2 aromatic carbocycles. The van der Waals surface area contributed by atoms with Crippen LogP contribution in [0, 0.1) is 19.8 Å². The van der Waals surface area contributed by atoms with E-state index >= 15 is 0 Å². The smallest absolute Gasteiger partial charge is 0.229 e. The fraction of sp³-hybridized carbons (Fsp3) is 0.263. The summed E-state index contributed by atoms with van der Waals surface area (Å²) in [5, 5.41) is 4.04. The predicted molar refractivity (Wildman–Crippen MR) is 101 cm³/mol. The number of halogens is 2. The van der Waals surface area contributed by atoms with Gasteiger partial charge in [0.15, 0.2) is 0 Å². The second-order valence-electron chi connectivity index (χ2n) is 6.24. The number of anilines is 2. The fourth-order valence-corrected chi connectivity index (χ4v) is 3.27. The Morgan fingerprint density at radius 1 is 1.16 bits per heavy atom. The molecule has 1 fully saturated rings. The van der Waals surface area contributed by atoms with Gasteiger partial charge in [0, 0.05) is 34.4 Å². The van der Waals surface area contributed by atoms with Crippen LogP contribution in [0.4, 0.5) is 11.4 Å². The SMILES string of the molecule is Cc1ccc(NC(=O)C2CC(=O)N(c3cccc(Cl)c3C)C2)cc1Cl. The van der Waals surface area contributed by atoms with E-state index in [1.807, 2.05) is 26.0 Å². The zero-order valence-corrected chi connectivity index (χ0v) is 15.5. The molecular weight excluding hydrogens is 359 g/mol. The second-order valence-corrected chi connectivity index (χ2v) is 7.06. The highest BCUT2D eigenvalue weighted by molar-refractivity contribution is 6.32. The van der Waals surface area contributed by atoms with Crippen molar-refractivity contribution in [2.45, 2.75) is 20.3 Å². The van der Waals surface area contributed by atoms with Crippen LogP contribution in [0.15, 0.2) is 36.4 Å². The Balaban J connectivity index is 1.74. The highest BCUT2D eigenvalue weighted by atomic mass is 35.5. The van der Waals surface area contributed by atoms with Crippen LogP contribution in [-0.2, 0) is 9.59 Å². The molecule has 6 heteroatoms. The van der Waals surface area contributed by atoms with E-state index < -0.39 is 5.92 Å². The molecule has 2 aromatic rings. The maximum Gasteiger partial charge on any atom is 0.229 e. The topological polar surface area (TPSA) is 49.4 Å². The van der Waals surface area contributed by atoms with Crippen LogP contribution in [0.25, 0.3) is 0 Å². The van der Waals surface area contributed by atoms with Crippen molar-refractivity contribution in [3.63, 3.8) is 0 Å². The van der Waals surface area contributed by atoms with E-state index in [0.717, 1.165) is 16.8 Å². The van der Waals surface area contributed by atoms with Gasteiger partial charge in [0.1, 0.15) is 0 Å². The third-order valence-electron chi connectivity index (χ3n) is 4.47. The van der Waals surface area contributed by atoms with Crippen LogP contribution in [-0.4, -0.2) is 18.4 Å². The summed E-state index contributed by atoms with van der Waals surface area (Å²) in [6, 6.07) is 10.8. The third-order valence-corrected chi connectivity index (χ3v) is 5.28. The lowest BCUT2D eigenvalue weighted by Crippen LogP contribution is -2.28. The van der Waals surface area contributed by atoms with Gasteiger partial charge in [-0.25, -0.2) is 0 Å². The van der Waals surface area contributed by atoms with Gasteiger partial charge in [-0.2, -0.15) is 0 Å². The minimum absolute atomic E-state index is 0.0764. The van der Waals surface area contributed by atoms with Gasteiger partial charge in [0.25, 0.3) is 0 Å². The van der Waals surface area contributed by atoms with Gasteiger partial charge in [-0.3, -0.25) is 9.59 Å². The van der Waals surface area contributed by atoms with Crippen molar-refractivity contribution in [2.75, 3.05) is 16.8 Å². The van der Waals surface area contributed by atoms with E-state index in [-0.39, 0.29) is 18.2 Å². The molecular formula is C19H18Cl2N2O2. The summed E-state index contributed by atoms with van der Waals surface area (Å²) in [6.07, 6.45) is 0.178. The van der Waals surface area contributed by atoms with E-state index in [2.05, 4.69) is 5.32 Å². The minimum atomic E-state index is -0.411. The number of nitrogens with one attached hydrogen (secondary N) is 1. The van der Waals surface area contributed by atoms with Gasteiger partial charge in [-0.1, -0.05) is 35.3 Å². The van der Waals surface area contributed by atoms with Crippen LogP contribution in [0.5, 0.6) is 0 Å². The number of amides is 2. The lowest BCUT2D eigenvalue weighted by molar-refractivity contribution is -0.122. The lowest BCUT2D eigenvalue weighted by atomic mass is 10.1. The molecule has 1 aliphatic rings. The average molecular weight is 377 g/mol. The van der Waals surface area contributed by atoms with Crippen molar-refractivity contribution in [1.29, 1.82) is 0 Å². The Morgan fingerprint density at radius 2 is 1.92 bits per heavy atom. The maximum atomic E-state index is 12.5. The number of hydrogen-bond donors (Lipinski definition) is 1. The summed E-state index contributed by atoms with van der Waals surface area (Å²) >= 11 is 12.2. The van der Waals surface area contributed by atoms with Gasteiger partial charge in [-0.05, 0) is 49.2 Å². The number of hydrogen-bond acceptors (Lipinski definition) is 2. The zero-order chi connectivity index (χ0) is 18.1. The standard InChI is InChI=1S/C19H18Cl2N2O2/c1-11-6-7-14(9-16(11)21)22-19(25)13-8-18(24)23(10-13)17-5-3-4-15(20)12(17)2/h3-7,9,13H,8,10H2,1-2H3,(H,22,25). The normalized spacial score (nSPS) is 17.0. The summed E-state index contributed by atoms with van der Waals surface area (Å²) in [7, 11) is 0. The number of rotatable bonds is 3. The van der Waals surface area contributed by atoms with Crippen molar-refractivity contribution in [1.82, 2.24) is 0 Å². The second kappa shape index (κ2) is 7.06. The molecule has 0 aromatic heterocycles. The molecule has 4 nitrogen and oxygen atoms in total. The molecule has 25 heavy (non-hydrogen) atoms. The molecule has 0 saturated carbocycles. The quantitative estimate of drug-likeness (QED) is 0.850.